The number of benzene rings is 1. The van der Waals surface area contributed by atoms with E-state index in [2.05, 4.69) is 47.6 Å². The summed E-state index contributed by atoms with van der Waals surface area (Å²) in [6, 6.07) is 17.9. The number of aromatic amines is 2. The van der Waals surface area contributed by atoms with Crippen molar-refractivity contribution in [2.45, 2.75) is 13.1 Å². The Morgan fingerprint density at radius 2 is 1.79 bits per heavy atom. The molecule has 0 spiro atoms. The van der Waals surface area contributed by atoms with E-state index in [-0.39, 0.29) is 5.39 Å². The van der Waals surface area contributed by atoms with Crippen LogP contribution in [0.2, 0.25) is 0 Å². The monoisotopic (exact) mass is 532 g/mol. The van der Waals surface area contributed by atoms with Crippen LogP contribution >= 0.6 is 11.3 Å². The Morgan fingerprint density at radius 3 is 2.67 bits per heavy atom. The van der Waals surface area contributed by atoms with Crippen LogP contribution in [0.15, 0.2) is 84.8 Å². The molecule has 0 saturated heterocycles. The molecule has 0 fully saturated rings. The standard InChI is InChI=1S/C29H21FN8S/c30-24-20(19-11-18(14-32-15-19)13-31-12-17-5-2-1-3-6-17)16-34-28-23(24)27(37-38-28)29-35-21-8-9-33-26(25(21)36-29)22-7-4-10-39-22/h1-11,14-16,31H,12-13H2,(H,35,36)(H,34,37,38). The van der Waals surface area contributed by atoms with Crippen molar-refractivity contribution >= 4 is 33.4 Å². The summed E-state index contributed by atoms with van der Waals surface area (Å²) in [6.45, 7) is 1.33. The van der Waals surface area contributed by atoms with Crippen molar-refractivity contribution in [1.82, 2.24) is 40.4 Å². The molecule has 7 rings (SSSR count). The highest BCUT2D eigenvalue weighted by molar-refractivity contribution is 7.13. The van der Waals surface area contributed by atoms with Gasteiger partial charge in [-0.25, -0.2) is 14.4 Å². The highest BCUT2D eigenvalue weighted by Gasteiger charge is 2.21. The van der Waals surface area contributed by atoms with Gasteiger partial charge in [0.05, 0.1) is 15.8 Å². The van der Waals surface area contributed by atoms with Crippen LogP contribution in [0.1, 0.15) is 11.1 Å². The summed E-state index contributed by atoms with van der Waals surface area (Å²) in [5.41, 5.74) is 6.10. The Morgan fingerprint density at radius 1 is 0.897 bits per heavy atom. The van der Waals surface area contributed by atoms with Crippen molar-refractivity contribution < 1.29 is 4.39 Å². The molecule has 0 saturated carbocycles. The van der Waals surface area contributed by atoms with Gasteiger partial charge in [0.25, 0.3) is 0 Å². The van der Waals surface area contributed by atoms with Gasteiger partial charge >= 0.3 is 0 Å². The zero-order valence-electron chi connectivity index (χ0n) is 20.5. The molecular formula is C29H21FN8S. The minimum atomic E-state index is -0.433. The number of halogens is 1. The number of pyridine rings is 3. The van der Waals surface area contributed by atoms with Crippen LogP contribution in [0, 0.1) is 5.82 Å². The normalized spacial score (nSPS) is 11.5. The number of imidazole rings is 1. The lowest BCUT2D eigenvalue weighted by Gasteiger charge is -2.08. The Kier molecular flexibility index (Phi) is 5.87. The molecule has 0 aliphatic heterocycles. The molecule has 0 radical (unpaired) electrons. The first-order valence-electron chi connectivity index (χ1n) is 12.3. The van der Waals surface area contributed by atoms with Gasteiger partial charge in [0.2, 0.25) is 0 Å². The summed E-state index contributed by atoms with van der Waals surface area (Å²) in [4.78, 5) is 22.4. The van der Waals surface area contributed by atoms with E-state index in [1.54, 1.807) is 29.9 Å². The highest BCUT2D eigenvalue weighted by atomic mass is 32.1. The maximum atomic E-state index is 16.1. The third-order valence-electron chi connectivity index (χ3n) is 6.51. The van der Waals surface area contributed by atoms with E-state index < -0.39 is 5.82 Å². The number of fused-ring (bicyclic) bond motifs is 2. The molecule has 6 aromatic heterocycles. The average molecular weight is 533 g/mol. The Hall–Kier alpha value is -4.80. The minimum absolute atomic E-state index is 0.268. The summed E-state index contributed by atoms with van der Waals surface area (Å²) >= 11 is 1.59. The Bertz CT molecular complexity index is 1910. The molecule has 3 N–H and O–H groups in total. The maximum absolute atomic E-state index is 16.1. The number of thiophene rings is 1. The van der Waals surface area contributed by atoms with Crippen LogP contribution in [-0.4, -0.2) is 35.1 Å². The molecule has 8 nitrogen and oxygen atoms in total. The molecular weight excluding hydrogens is 511 g/mol. The van der Waals surface area contributed by atoms with Gasteiger partial charge in [-0.2, -0.15) is 5.10 Å². The second-order valence-electron chi connectivity index (χ2n) is 9.07. The van der Waals surface area contributed by atoms with E-state index in [4.69, 9.17) is 4.98 Å². The van der Waals surface area contributed by atoms with Gasteiger partial charge in [-0.1, -0.05) is 36.4 Å². The fourth-order valence-corrected chi connectivity index (χ4v) is 5.37. The Labute approximate surface area is 226 Å². The summed E-state index contributed by atoms with van der Waals surface area (Å²) < 4.78 is 16.1. The van der Waals surface area contributed by atoms with Crippen molar-refractivity contribution in [1.29, 1.82) is 0 Å². The first-order chi connectivity index (χ1) is 19.2. The van der Waals surface area contributed by atoms with E-state index in [0.29, 0.717) is 40.4 Å². The van der Waals surface area contributed by atoms with E-state index in [1.807, 2.05) is 47.8 Å². The van der Waals surface area contributed by atoms with Crippen molar-refractivity contribution in [3.8, 4) is 33.2 Å². The van der Waals surface area contributed by atoms with Crippen LogP contribution in [0.25, 0.3) is 55.3 Å². The van der Waals surface area contributed by atoms with E-state index in [9.17, 15) is 0 Å². The van der Waals surface area contributed by atoms with Crippen LogP contribution < -0.4 is 5.32 Å². The Balaban J connectivity index is 1.23. The quantitative estimate of drug-likeness (QED) is 0.228. The number of H-pyrrole nitrogens is 2. The lowest BCUT2D eigenvalue weighted by Crippen LogP contribution is -2.12. The summed E-state index contributed by atoms with van der Waals surface area (Å²) in [5.74, 6) is 0.00824. The maximum Gasteiger partial charge on any atom is 0.159 e. The van der Waals surface area contributed by atoms with E-state index in [0.717, 1.165) is 28.2 Å². The van der Waals surface area contributed by atoms with E-state index >= 15 is 4.39 Å². The number of hydrogen-bond donors (Lipinski definition) is 3. The van der Waals surface area contributed by atoms with Crippen molar-refractivity contribution in [2.75, 3.05) is 0 Å². The zero-order valence-corrected chi connectivity index (χ0v) is 21.3. The summed E-state index contributed by atoms with van der Waals surface area (Å²) in [6.07, 6.45) is 6.67. The topological polar surface area (TPSA) is 108 Å². The molecule has 0 aliphatic rings. The number of nitrogens with zero attached hydrogens (tertiary/aromatic N) is 5. The average Bonchev–Trinajstić information content (AvgIpc) is 3.74. The van der Waals surface area contributed by atoms with Crippen LogP contribution in [0.5, 0.6) is 0 Å². The number of hydrogen-bond acceptors (Lipinski definition) is 7. The van der Waals surface area contributed by atoms with Crippen molar-refractivity contribution in [3.05, 3.63) is 102 Å². The molecule has 190 valence electrons. The van der Waals surface area contributed by atoms with Crippen LogP contribution in [0.3, 0.4) is 0 Å². The molecule has 0 atom stereocenters. The molecule has 1 aromatic carbocycles. The van der Waals surface area contributed by atoms with Gasteiger partial charge in [0, 0.05) is 49.0 Å². The lowest BCUT2D eigenvalue weighted by atomic mass is 10.1. The van der Waals surface area contributed by atoms with Gasteiger partial charge < -0.3 is 10.3 Å². The predicted molar refractivity (Wildman–Crippen MR) is 150 cm³/mol. The van der Waals surface area contributed by atoms with Gasteiger partial charge in [0.15, 0.2) is 11.5 Å². The lowest BCUT2D eigenvalue weighted by molar-refractivity contribution is 0.642. The highest BCUT2D eigenvalue weighted by Crippen LogP contribution is 2.34. The molecule has 6 heterocycles. The smallest absolute Gasteiger partial charge is 0.159 e. The molecule has 0 bridgehead atoms. The van der Waals surface area contributed by atoms with Gasteiger partial charge in [-0.3, -0.25) is 15.1 Å². The summed E-state index contributed by atoms with van der Waals surface area (Å²) in [7, 11) is 0. The minimum Gasteiger partial charge on any atom is -0.336 e. The summed E-state index contributed by atoms with van der Waals surface area (Å²) in [5, 5.41) is 12.9. The molecule has 0 aliphatic carbocycles. The first-order valence-corrected chi connectivity index (χ1v) is 13.2. The fourth-order valence-electron chi connectivity index (χ4n) is 4.65. The molecule has 0 amide bonds. The van der Waals surface area contributed by atoms with Crippen LogP contribution in [-0.2, 0) is 13.1 Å². The second kappa shape index (κ2) is 9.82. The molecule has 0 unspecified atom stereocenters. The van der Waals surface area contributed by atoms with E-state index in [1.165, 1.54) is 11.8 Å². The molecule has 39 heavy (non-hydrogen) atoms. The third-order valence-corrected chi connectivity index (χ3v) is 7.39. The number of nitrogens with one attached hydrogen (secondary N) is 3. The largest absolute Gasteiger partial charge is 0.336 e. The SMILES string of the molecule is Fc1c(-c2cncc(CNCc3ccccc3)c2)cnc2[nH]nc(-c3nc4c(-c5cccs5)nccc4[nH]3)c12. The molecule has 7 aromatic rings. The molecule has 10 heteroatoms. The number of aromatic nitrogens is 7. The third kappa shape index (κ3) is 4.35. The fraction of sp³-hybridized carbons (Fsp3) is 0.0690. The van der Waals surface area contributed by atoms with Gasteiger partial charge in [-0.05, 0) is 34.7 Å². The zero-order chi connectivity index (χ0) is 26.2. The van der Waals surface area contributed by atoms with Crippen LogP contribution in [0.4, 0.5) is 4.39 Å². The number of rotatable bonds is 7. The predicted octanol–water partition coefficient (Wildman–Crippen LogP) is 6.12. The first kappa shape index (κ1) is 23.3. The second-order valence-corrected chi connectivity index (χ2v) is 10.0. The van der Waals surface area contributed by atoms with Crippen molar-refractivity contribution in [2.24, 2.45) is 0 Å². The van der Waals surface area contributed by atoms with Gasteiger partial charge in [-0.15, -0.1) is 11.3 Å². The van der Waals surface area contributed by atoms with Gasteiger partial charge in [0.1, 0.15) is 22.7 Å². The van der Waals surface area contributed by atoms with Crippen molar-refractivity contribution in [3.63, 3.8) is 0 Å².